The van der Waals surface area contributed by atoms with Gasteiger partial charge in [-0.2, -0.15) is 0 Å². The average Bonchev–Trinajstić information content (AvgIpc) is 2.56. The number of hydrogen-bond acceptors (Lipinski definition) is 5. The zero-order valence-corrected chi connectivity index (χ0v) is 13.7. The summed E-state index contributed by atoms with van der Waals surface area (Å²) in [4.78, 5) is 16.0. The fourth-order valence-corrected chi connectivity index (χ4v) is 2.13. The molecule has 1 amide bonds. The van der Waals surface area contributed by atoms with Crippen molar-refractivity contribution in [2.45, 2.75) is 0 Å². The molecule has 1 aromatic carbocycles. The van der Waals surface area contributed by atoms with Crippen molar-refractivity contribution in [3.63, 3.8) is 0 Å². The summed E-state index contributed by atoms with van der Waals surface area (Å²) in [7, 11) is 3.14. The zero-order valence-electron chi connectivity index (χ0n) is 12.9. The number of pyridine rings is 1. The highest BCUT2D eigenvalue weighted by Gasteiger charge is 2.07. The number of amides is 1. The lowest BCUT2D eigenvalue weighted by Crippen LogP contribution is -2.27. The van der Waals surface area contributed by atoms with Crippen LogP contribution in [0, 0.1) is 0 Å². The first kappa shape index (κ1) is 17.1. The molecule has 23 heavy (non-hydrogen) atoms. The van der Waals surface area contributed by atoms with E-state index in [-0.39, 0.29) is 5.91 Å². The first-order valence-electron chi connectivity index (χ1n) is 6.98. The first-order valence-corrected chi connectivity index (χ1v) is 7.35. The molecular formula is C16H18ClN3O3. The van der Waals surface area contributed by atoms with Gasteiger partial charge in [-0.05, 0) is 30.3 Å². The molecule has 2 N–H and O–H groups in total. The normalized spacial score (nSPS) is 10.2. The van der Waals surface area contributed by atoms with Crippen LogP contribution in [0.1, 0.15) is 10.5 Å². The molecule has 0 radical (unpaired) electrons. The van der Waals surface area contributed by atoms with Crippen LogP contribution in [0.15, 0.2) is 36.5 Å². The Morgan fingerprint density at radius 1 is 1.22 bits per heavy atom. The molecule has 1 aromatic heterocycles. The largest absolute Gasteiger partial charge is 0.495 e. The van der Waals surface area contributed by atoms with Crippen LogP contribution >= 0.6 is 11.6 Å². The molecule has 0 aliphatic rings. The zero-order chi connectivity index (χ0) is 16.7. The number of nitrogens with zero attached hydrogens (tertiary/aromatic N) is 1. The lowest BCUT2D eigenvalue weighted by atomic mass is 10.2. The van der Waals surface area contributed by atoms with Crippen molar-refractivity contribution >= 4 is 28.9 Å². The summed E-state index contributed by atoms with van der Waals surface area (Å²) in [6.07, 6.45) is 1.59. The maximum atomic E-state index is 11.8. The fourth-order valence-electron chi connectivity index (χ4n) is 1.87. The Morgan fingerprint density at radius 3 is 2.61 bits per heavy atom. The maximum absolute atomic E-state index is 11.8. The van der Waals surface area contributed by atoms with Crippen LogP contribution in [0.5, 0.6) is 5.75 Å². The minimum Gasteiger partial charge on any atom is -0.495 e. The number of aromatic nitrogens is 1. The van der Waals surface area contributed by atoms with Crippen molar-refractivity contribution in [3.05, 3.63) is 47.2 Å². The van der Waals surface area contributed by atoms with Gasteiger partial charge in [-0.3, -0.25) is 4.79 Å². The summed E-state index contributed by atoms with van der Waals surface area (Å²) < 4.78 is 9.98. The average molecular weight is 336 g/mol. The highest BCUT2D eigenvalue weighted by atomic mass is 35.5. The molecule has 2 rings (SSSR count). The summed E-state index contributed by atoms with van der Waals surface area (Å²) in [5.74, 6) is 0.375. The van der Waals surface area contributed by atoms with Crippen LogP contribution in [0.25, 0.3) is 0 Å². The van der Waals surface area contributed by atoms with Gasteiger partial charge in [0.25, 0.3) is 5.91 Å². The molecule has 0 saturated carbocycles. The molecule has 2 aromatic rings. The summed E-state index contributed by atoms with van der Waals surface area (Å²) in [6, 6.07) is 8.80. The van der Waals surface area contributed by atoms with Crippen molar-refractivity contribution in [2.24, 2.45) is 0 Å². The number of anilines is 2. The van der Waals surface area contributed by atoms with Crippen molar-refractivity contribution in [1.29, 1.82) is 0 Å². The Kier molecular flexibility index (Phi) is 6.19. The van der Waals surface area contributed by atoms with Crippen molar-refractivity contribution in [1.82, 2.24) is 10.3 Å². The number of ether oxygens (including phenoxy) is 2. The molecule has 122 valence electrons. The van der Waals surface area contributed by atoms with E-state index in [0.29, 0.717) is 29.6 Å². The van der Waals surface area contributed by atoms with E-state index in [0.717, 1.165) is 11.4 Å². The number of halogens is 1. The van der Waals surface area contributed by atoms with Crippen LogP contribution in [0.3, 0.4) is 0 Å². The lowest BCUT2D eigenvalue weighted by molar-refractivity contribution is 0.0932. The first-order chi connectivity index (χ1) is 11.1. The van der Waals surface area contributed by atoms with Gasteiger partial charge in [0.1, 0.15) is 11.4 Å². The predicted molar refractivity (Wildman–Crippen MR) is 89.7 cm³/mol. The molecule has 0 atom stereocenters. The standard InChI is InChI=1S/C16H18ClN3O3/c1-22-8-7-18-16(21)14-5-3-12(10-19-14)20-11-4-6-15(23-2)13(17)9-11/h3-6,9-10,20H,7-8H2,1-2H3,(H,18,21). The van der Waals surface area contributed by atoms with E-state index >= 15 is 0 Å². The highest BCUT2D eigenvalue weighted by Crippen LogP contribution is 2.28. The summed E-state index contributed by atoms with van der Waals surface area (Å²) in [5, 5.41) is 6.38. The van der Waals surface area contributed by atoms with E-state index in [1.54, 1.807) is 44.7 Å². The van der Waals surface area contributed by atoms with Gasteiger partial charge in [0, 0.05) is 19.3 Å². The van der Waals surface area contributed by atoms with E-state index in [2.05, 4.69) is 15.6 Å². The van der Waals surface area contributed by atoms with Crippen LogP contribution in [0.4, 0.5) is 11.4 Å². The summed E-state index contributed by atoms with van der Waals surface area (Å²) in [6.45, 7) is 0.908. The van der Waals surface area contributed by atoms with Gasteiger partial charge < -0.3 is 20.1 Å². The van der Waals surface area contributed by atoms with Gasteiger partial charge >= 0.3 is 0 Å². The minimum absolute atomic E-state index is 0.235. The third kappa shape index (κ3) is 4.84. The van der Waals surface area contributed by atoms with Gasteiger partial charge in [-0.25, -0.2) is 4.98 Å². The smallest absolute Gasteiger partial charge is 0.269 e. The molecule has 6 nitrogen and oxygen atoms in total. The Morgan fingerprint density at radius 2 is 2.00 bits per heavy atom. The van der Waals surface area contributed by atoms with Crippen LogP contribution in [-0.2, 0) is 4.74 Å². The second-order valence-electron chi connectivity index (χ2n) is 4.66. The van der Waals surface area contributed by atoms with E-state index in [1.165, 1.54) is 0 Å². The second kappa shape index (κ2) is 8.36. The van der Waals surface area contributed by atoms with Gasteiger partial charge in [0.15, 0.2) is 0 Å². The SMILES string of the molecule is COCCNC(=O)c1ccc(Nc2ccc(OC)c(Cl)c2)cn1. The van der Waals surface area contributed by atoms with E-state index in [4.69, 9.17) is 21.1 Å². The number of hydrogen-bond donors (Lipinski definition) is 2. The maximum Gasteiger partial charge on any atom is 0.269 e. The van der Waals surface area contributed by atoms with Crippen molar-refractivity contribution in [2.75, 3.05) is 32.7 Å². The van der Waals surface area contributed by atoms with Gasteiger partial charge in [0.2, 0.25) is 0 Å². The van der Waals surface area contributed by atoms with Crippen LogP contribution in [-0.4, -0.2) is 38.3 Å². The van der Waals surface area contributed by atoms with Gasteiger partial charge in [-0.15, -0.1) is 0 Å². The van der Waals surface area contributed by atoms with Crippen LogP contribution in [0.2, 0.25) is 5.02 Å². The molecule has 0 fully saturated rings. The number of carbonyl (C=O) groups excluding carboxylic acids is 1. The number of rotatable bonds is 7. The molecular weight excluding hydrogens is 318 g/mol. The third-order valence-corrected chi connectivity index (χ3v) is 3.32. The molecule has 0 aliphatic carbocycles. The van der Waals surface area contributed by atoms with Gasteiger partial charge in [-0.1, -0.05) is 11.6 Å². The Balaban J connectivity index is 1.99. The van der Waals surface area contributed by atoms with E-state index in [9.17, 15) is 4.79 Å². The summed E-state index contributed by atoms with van der Waals surface area (Å²) >= 11 is 6.08. The third-order valence-electron chi connectivity index (χ3n) is 3.03. The van der Waals surface area contributed by atoms with Gasteiger partial charge in [0.05, 0.1) is 30.6 Å². The molecule has 0 unspecified atom stereocenters. The van der Waals surface area contributed by atoms with E-state index < -0.39 is 0 Å². The van der Waals surface area contributed by atoms with E-state index in [1.807, 2.05) is 6.07 Å². The molecule has 0 aliphatic heterocycles. The number of methoxy groups -OCH3 is 2. The molecule has 0 bridgehead atoms. The Labute approximate surface area is 139 Å². The van der Waals surface area contributed by atoms with Crippen molar-refractivity contribution < 1.29 is 14.3 Å². The quantitative estimate of drug-likeness (QED) is 0.761. The molecule has 1 heterocycles. The minimum atomic E-state index is -0.235. The Hall–Kier alpha value is -2.31. The van der Waals surface area contributed by atoms with Crippen LogP contribution < -0.4 is 15.4 Å². The molecule has 0 spiro atoms. The number of nitrogens with one attached hydrogen (secondary N) is 2. The topological polar surface area (TPSA) is 72.5 Å². The molecule has 0 saturated heterocycles. The number of carbonyl (C=O) groups is 1. The fraction of sp³-hybridized carbons (Fsp3) is 0.250. The number of benzene rings is 1. The van der Waals surface area contributed by atoms with Crippen molar-refractivity contribution in [3.8, 4) is 5.75 Å². The lowest BCUT2D eigenvalue weighted by Gasteiger charge is -2.09. The second-order valence-corrected chi connectivity index (χ2v) is 5.06. The molecule has 7 heteroatoms. The monoisotopic (exact) mass is 335 g/mol. The Bertz CT molecular complexity index is 662. The highest BCUT2D eigenvalue weighted by molar-refractivity contribution is 6.32. The summed E-state index contributed by atoms with van der Waals surface area (Å²) in [5.41, 5.74) is 1.90. The predicted octanol–water partition coefficient (Wildman–Crippen LogP) is 2.86.